The highest BCUT2D eigenvalue weighted by Crippen LogP contribution is 2.10. The number of carbonyl (C=O) groups is 1. The van der Waals surface area contributed by atoms with Crippen LogP contribution >= 0.6 is 36.2 Å². The van der Waals surface area contributed by atoms with Crippen molar-refractivity contribution in [3.8, 4) is 0 Å². The van der Waals surface area contributed by atoms with E-state index in [9.17, 15) is 4.79 Å². The number of nitrogens with zero attached hydrogens (tertiary/aromatic N) is 2. The molecule has 1 aromatic heterocycles. The van der Waals surface area contributed by atoms with Gasteiger partial charge < -0.3 is 16.0 Å². The van der Waals surface area contributed by atoms with E-state index in [-0.39, 0.29) is 36.8 Å². The minimum Gasteiger partial charge on any atom is -0.347 e. The Labute approximate surface area is 142 Å². The van der Waals surface area contributed by atoms with Crippen LogP contribution in [0.1, 0.15) is 41.7 Å². The third-order valence-corrected chi connectivity index (χ3v) is 4.19. The van der Waals surface area contributed by atoms with E-state index in [4.69, 9.17) is 5.73 Å². The molecule has 1 aliphatic rings. The second-order valence-electron chi connectivity index (χ2n) is 5.07. The Bertz CT molecular complexity index is 424. The van der Waals surface area contributed by atoms with Crippen LogP contribution in [0, 0.1) is 0 Å². The normalized spacial score (nSPS) is 16.5. The Morgan fingerprint density at radius 2 is 2.10 bits per heavy atom. The lowest BCUT2D eigenvalue weighted by atomic mass is 10.1. The fourth-order valence-electron chi connectivity index (χ4n) is 2.38. The lowest BCUT2D eigenvalue weighted by Crippen LogP contribution is -2.43. The summed E-state index contributed by atoms with van der Waals surface area (Å²) >= 11 is 1.43. The second-order valence-corrected chi connectivity index (χ2v) is 6.01. The molecule has 0 aromatic carbocycles. The number of thiazole rings is 1. The van der Waals surface area contributed by atoms with Gasteiger partial charge in [-0.05, 0) is 32.9 Å². The summed E-state index contributed by atoms with van der Waals surface area (Å²) in [7, 11) is 0. The van der Waals surface area contributed by atoms with E-state index in [1.807, 2.05) is 6.92 Å². The lowest BCUT2D eigenvalue weighted by molar-refractivity contribution is 0.0921. The molecule has 1 atom stereocenters. The third kappa shape index (κ3) is 6.48. The number of halogens is 2. The number of hydrogen-bond acceptors (Lipinski definition) is 5. The van der Waals surface area contributed by atoms with Crippen LogP contribution in [0.4, 0.5) is 0 Å². The molecule has 0 spiro atoms. The van der Waals surface area contributed by atoms with Gasteiger partial charge in [0.1, 0.15) is 10.7 Å². The average molecular weight is 355 g/mol. The minimum atomic E-state index is -0.0968. The van der Waals surface area contributed by atoms with E-state index in [1.165, 1.54) is 30.6 Å². The Morgan fingerprint density at radius 3 is 2.67 bits per heavy atom. The van der Waals surface area contributed by atoms with Crippen LogP contribution in [0.25, 0.3) is 0 Å². The highest BCUT2D eigenvalue weighted by Gasteiger charge is 2.17. The number of piperidine rings is 1. The second kappa shape index (κ2) is 10.3. The standard InChI is InChI=1S/C13H22N4OS.2ClH/c1-10(8-17-5-3-2-4-6-17)15-13(18)11-9-19-12(7-14)16-11;;/h9-10H,2-8,14H2,1H3,(H,15,18);2*1H. The molecule has 1 amide bonds. The fourth-order valence-corrected chi connectivity index (χ4v) is 3.04. The first-order valence-corrected chi connectivity index (χ1v) is 7.74. The molecule has 1 fully saturated rings. The van der Waals surface area contributed by atoms with Crippen molar-refractivity contribution in [2.75, 3.05) is 19.6 Å². The smallest absolute Gasteiger partial charge is 0.271 e. The minimum absolute atomic E-state index is 0. The highest BCUT2D eigenvalue weighted by molar-refractivity contribution is 7.09. The first kappa shape index (κ1) is 20.6. The molecular formula is C13H24Cl2N4OS. The van der Waals surface area contributed by atoms with Gasteiger partial charge in [0.05, 0.1) is 0 Å². The maximum atomic E-state index is 12.0. The molecule has 8 heteroatoms. The van der Waals surface area contributed by atoms with Crippen molar-refractivity contribution in [3.05, 3.63) is 16.1 Å². The molecular weight excluding hydrogens is 331 g/mol. The number of likely N-dealkylation sites (tertiary alicyclic amines) is 1. The molecule has 0 saturated carbocycles. The van der Waals surface area contributed by atoms with Gasteiger partial charge in [0.15, 0.2) is 0 Å². The number of hydrogen-bond donors (Lipinski definition) is 2. The first-order chi connectivity index (χ1) is 9.19. The molecule has 21 heavy (non-hydrogen) atoms. The lowest BCUT2D eigenvalue weighted by Gasteiger charge is -2.29. The Hall–Kier alpha value is -0.400. The van der Waals surface area contributed by atoms with Gasteiger partial charge in [-0.1, -0.05) is 6.42 Å². The first-order valence-electron chi connectivity index (χ1n) is 6.86. The summed E-state index contributed by atoms with van der Waals surface area (Å²) in [4.78, 5) is 18.6. The van der Waals surface area contributed by atoms with Crippen molar-refractivity contribution < 1.29 is 4.79 Å². The van der Waals surface area contributed by atoms with Crippen molar-refractivity contribution in [1.82, 2.24) is 15.2 Å². The summed E-state index contributed by atoms with van der Waals surface area (Å²) in [5.74, 6) is -0.0968. The van der Waals surface area contributed by atoms with Gasteiger partial charge in [-0.15, -0.1) is 36.2 Å². The van der Waals surface area contributed by atoms with Crippen molar-refractivity contribution in [2.45, 2.75) is 38.8 Å². The van der Waals surface area contributed by atoms with Crippen LogP contribution in [0.5, 0.6) is 0 Å². The predicted octanol–water partition coefficient (Wildman–Crippen LogP) is 2.05. The van der Waals surface area contributed by atoms with E-state index < -0.39 is 0 Å². The van der Waals surface area contributed by atoms with Crippen molar-refractivity contribution in [3.63, 3.8) is 0 Å². The molecule has 122 valence electrons. The summed E-state index contributed by atoms with van der Waals surface area (Å²) in [6.45, 7) is 5.64. The van der Waals surface area contributed by atoms with Crippen molar-refractivity contribution >= 4 is 42.1 Å². The van der Waals surface area contributed by atoms with Gasteiger partial charge in [0, 0.05) is 24.5 Å². The van der Waals surface area contributed by atoms with Gasteiger partial charge in [-0.3, -0.25) is 4.79 Å². The zero-order chi connectivity index (χ0) is 13.7. The molecule has 0 bridgehead atoms. The molecule has 0 radical (unpaired) electrons. The van der Waals surface area contributed by atoms with E-state index in [0.717, 1.165) is 24.6 Å². The number of rotatable bonds is 5. The fraction of sp³-hybridized carbons (Fsp3) is 0.692. The van der Waals surface area contributed by atoms with Gasteiger partial charge in [-0.2, -0.15) is 0 Å². The van der Waals surface area contributed by atoms with Crippen LogP contribution in [-0.4, -0.2) is 41.5 Å². The zero-order valence-corrected chi connectivity index (χ0v) is 14.7. The molecule has 3 N–H and O–H groups in total. The number of nitrogens with two attached hydrogens (primary N) is 1. The number of nitrogens with one attached hydrogen (secondary N) is 1. The molecule has 5 nitrogen and oxygen atoms in total. The predicted molar refractivity (Wildman–Crippen MR) is 91.7 cm³/mol. The van der Waals surface area contributed by atoms with Crippen LogP contribution in [0.2, 0.25) is 0 Å². The SMILES string of the molecule is CC(CN1CCCCC1)NC(=O)c1csc(CN)n1.Cl.Cl. The maximum absolute atomic E-state index is 12.0. The summed E-state index contributed by atoms with van der Waals surface area (Å²) in [6, 6.07) is 0.147. The molecule has 0 aliphatic carbocycles. The van der Waals surface area contributed by atoms with Crippen molar-refractivity contribution in [2.24, 2.45) is 5.73 Å². The zero-order valence-electron chi connectivity index (χ0n) is 12.2. The summed E-state index contributed by atoms with van der Waals surface area (Å²) in [5.41, 5.74) is 5.98. The van der Waals surface area contributed by atoms with Gasteiger partial charge in [0.25, 0.3) is 5.91 Å². The van der Waals surface area contributed by atoms with Gasteiger partial charge >= 0.3 is 0 Å². The summed E-state index contributed by atoms with van der Waals surface area (Å²) in [6.07, 6.45) is 3.87. The van der Waals surface area contributed by atoms with Gasteiger partial charge in [-0.25, -0.2) is 4.98 Å². The molecule has 2 rings (SSSR count). The largest absolute Gasteiger partial charge is 0.347 e. The number of carbonyl (C=O) groups excluding carboxylic acids is 1. The molecule has 2 heterocycles. The molecule has 1 aromatic rings. The maximum Gasteiger partial charge on any atom is 0.271 e. The van der Waals surface area contributed by atoms with Crippen LogP contribution in [0.3, 0.4) is 0 Å². The molecule has 1 saturated heterocycles. The third-order valence-electron chi connectivity index (χ3n) is 3.32. The average Bonchev–Trinajstić information content (AvgIpc) is 2.88. The Morgan fingerprint density at radius 1 is 1.43 bits per heavy atom. The monoisotopic (exact) mass is 354 g/mol. The van der Waals surface area contributed by atoms with Crippen molar-refractivity contribution in [1.29, 1.82) is 0 Å². The van der Waals surface area contributed by atoms with E-state index >= 15 is 0 Å². The Kier molecular flexibility index (Phi) is 10.1. The van der Waals surface area contributed by atoms with Gasteiger partial charge in [0.2, 0.25) is 0 Å². The quantitative estimate of drug-likeness (QED) is 0.848. The summed E-state index contributed by atoms with van der Waals surface area (Å²) < 4.78 is 0. The number of amides is 1. The Balaban J connectivity index is 0.00000200. The van der Waals surface area contributed by atoms with E-state index in [0.29, 0.717) is 12.2 Å². The molecule has 1 unspecified atom stereocenters. The van der Waals surface area contributed by atoms with E-state index in [2.05, 4.69) is 15.2 Å². The molecule has 1 aliphatic heterocycles. The van der Waals surface area contributed by atoms with E-state index in [1.54, 1.807) is 5.38 Å². The van der Waals surface area contributed by atoms with Crippen LogP contribution in [0.15, 0.2) is 5.38 Å². The topological polar surface area (TPSA) is 71.2 Å². The highest BCUT2D eigenvalue weighted by atomic mass is 35.5. The summed E-state index contributed by atoms with van der Waals surface area (Å²) in [5, 5.41) is 5.57. The van der Waals surface area contributed by atoms with Crippen LogP contribution < -0.4 is 11.1 Å². The van der Waals surface area contributed by atoms with Crippen LogP contribution in [-0.2, 0) is 6.54 Å². The number of aromatic nitrogens is 1.